The number of amides is 1. The summed E-state index contributed by atoms with van der Waals surface area (Å²) in [7, 11) is 1.67. The van der Waals surface area contributed by atoms with Gasteiger partial charge in [0, 0.05) is 37.2 Å². The van der Waals surface area contributed by atoms with E-state index in [-0.39, 0.29) is 17.8 Å². The zero-order chi connectivity index (χ0) is 21.8. The molecular formula is C23H25FN4O2S. The predicted molar refractivity (Wildman–Crippen MR) is 122 cm³/mol. The average Bonchev–Trinajstić information content (AvgIpc) is 3.30. The molecule has 8 heteroatoms. The number of methoxy groups -OCH3 is 1. The molecule has 0 aliphatic carbocycles. The monoisotopic (exact) mass is 440 g/mol. The quantitative estimate of drug-likeness (QED) is 0.625. The molecule has 1 atom stereocenters. The number of nitrogens with one attached hydrogen (secondary N) is 1. The van der Waals surface area contributed by atoms with E-state index in [4.69, 9.17) is 4.74 Å². The highest BCUT2D eigenvalue weighted by Crippen LogP contribution is 2.25. The highest BCUT2D eigenvalue weighted by atomic mass is 32.1. The third-order valence-corrected chi connectivity index (χ3v) is 6.33. The Bertz CT molecular complexity index is 1010. The van der Waals surface area contributed by atoms with Gasteiger partial charge in [-0.2, -0.15) is 0 Å². The number of benzene rings is 2. The van der Waals surface area contributed by atoms with Gasteiger partial charge in [0.2, 0.25) is 0 Å². The Labute approximate surface area is 185 Å². The molecule has 1 aliphatic rings. The van der Waals surface area contributed by atoms with Gasteiger partial charge in [0.25, 0.3) is 5.91 Å². The highest BCUT2D eigenvalue weighted by Gasteiger charge is 2.22. The first-order valence-electron chi connectivity index (χ1n) is 10.2. The molecular weight excluding hydrogens is 415 g/mol. The molecule has 162 valence electrons. The lowest BCUT2D eigenvalue weighted by Crippen LogP contribution is -2.46. The van der Waals surface area contributed by atoms with Crippen LogP contribution in [0.1, 0.15) is 29.0 Å². The fourth-order valence-corrected chi connectivity index (χ4v) is 4.43. The van der Waals surface area contributed by atoms with Crippen molar-refractivity contribution in [1.29, 1.82) is 0 Å². The first-order valence-corrected chi connectivity index (χ1v) is 11.1. The molecule has 0 spiro atoms. The number of halogens is 1. The normalized spacial score (nSPS) is 14.9. The van der Waals surface area contributed by atoms with E-state index in [9.17, 15) is 9.18 Å². The minimum absolute atomic E-state index is 0.226. The minimum Gasteiger partial charge on any atom is -0.497 e. The Morgan fingerprint density at radius 3 is 2.35 bits per heavy atom. The molecule has 0 bridgehead atoms. The summed E-state index contributed by atoms with van der Waals surface area (Å²) in [6, 6.07) is 14.0. The van der Waals surface area contributed by atoms with Gasteiger partial charge in [0.05, 0.1) is 13.2 Å². The van der Waals surface area contributed by atoms with E-state index >= 15 is 0 Å². The van der Waals surface area contributed by atoms with Gasteiger partial charge in [-0.05, 0) is 48.9 Å². The van der Waals surface area contributed by atoms with E-state index in [1.54, 1.807) is 24.6 Å². The van der Waals surface area contributed by atoms with E-state index in [1.165, 1.54) is 29.2 Å². The number of nitrogens with zero attached hydrogens (tertiary/aromatic N) is 3. The standard InChI is InChI=1S/C23H25FN4O2S/c1-16(17-3-5-18(24)6-4-17)25-22(29)21-15-31-23(26-21)28-13-11-27(12-14-28)19-7-9-20(30-2)10-8-19/h3-10,15-16H,11-14H2,1-2H3,(H,25,29)/t16-/m0/s1. The maximum atomic E-state index is 13.1. The topological polar surface area (TPSA) is 57.7 Å². The second kappa shape index (κ2) is 9.34. The smallest absolute Gasteiger partial charge is 0.271 e. The van der Waals surface area contributed by atoms with Crippen LogP contribution in [0.15, 0.2) is 53.9 Å². The van der Waals surface area contributed by atoms with Crippen molar-refractivity contribution in [3.8, 4) is 5.75 Å². The molecule has 1 N–H and O–H groups in total. The van der Waals surface area contributed by atoms with E-state index in [0.717, 1.165) is 42.6 Å². The van der Waals surface area contributed by atoms with Crippen molar-refractivity contribution >= 4 is 28.1 Å². The van der Waals surface area contributed by atoms with Gasteiger partial charge in [-0.3, -0.25) is 4.79 Å². The Morgan fingerprint density at radius 2 is 1.71 bits per heavy atom. The first kappa shape index (κ1) is 21.1. The van der Waals surface area contributed by atoms with Crippen LogP contribution in [0.3, 0.4) is 0 Å². The Hall–Kier alpha value is -3.13. The summed E-state index contributed by atoms with van der Waals surface area (Å²) in [5.41, 5.74) is 2.43. The summed E-state index contributed by atoms with van der Waals surface area (Å²) in [4.78, 5) is 21.7. The third-order valence-electron chi connectivity index (χ3n) is 5.43. The van der Waals surface area contributed by atoms with Gasteiger partial charge < -0.3 is 19.9 Å². The number of anilines is 2. The summed E-state index contributed by atoms with van der Waals surface area (Å²) in [5.74, 6) is 0.333. The van der Waals surface area contributed by atoms with Crippen LogP contribution in [0.25, 0.3) is 0 Å². The van der Waals surface area contributed by atoms with E-state index in [1.807, 2.05) is 19.1 Å². The van der Waals surface area contributed by atoms with Gasteiger partial charge in [0.15, 0.2) is 5.13 Å². The number of hydrogen-bond donors (Lipinski definition) is 1. The number of carbonyl (C=O) groups is 1. The SMILES string of the molecule is COc1ccc(N2CCN(c3nc(C(=O)N[C@@H](C)c4ccc(F)cc4)cs3)CC2)cc1. The van der Waals surface area contributed by atoms with E-state index in [2.05, 4.69) is 32.2 Å². The van der Waals surface area contributed by atoms with E-state index < -0.39 is 0 Å². The zero-order valence-electron chi connectivity index (χ0n) is 17.5. The predicted octanol–water partition coefficient (Wildman–Crippen LogP) is 4.11. The van der Waals surface area contributed by atoms with Gasteiger partial charge in [0.1, 0.15) is 17.3 Å². The number of rotatable bonds is 6. The molecule has 0 unspecified atom stereocenters. The molecule has 2 aromatic carbocycles. The molecule has 6 nitrogen and oxygen atoms in total. The summed E-state index contributed by atoms with van der Waals surface area (Å²) < 4.78 is 18.3. The van der Waals surface area contributed by atoms with Crippen molar-refractivity contribution in [3.63, 3.8) is 0 Å². The highest BCUT2D eigenvalue weighted by molar-refractivity contribution is 7.13. The molecule has 1 amide bonds. The molecule has 1 aliphatic heterocycles. The molecule has 1 fully saturated rings. The largest absolute Gasteiger partial charge is 0.497 e. The molecule has 31 heavy (non-hydrogen) atoms. The lowest BCUT2D eigenvalue weighted by atomic mass is 10.1. The van der Waals surface area contributed by atoms with Crippen molar-refractivity contribution in [2.75, 3.05) is 43.1 Å². The second-order valence-electron chi connectivity index (χ2n) is 7.43. The summed E-state index contributed by atoms with van der Waals surface area (Å²) in [6.07, 6.45) is 0. The van der Waals surface area contributed by atoms with Gasteiger partial charge in [-0.25, -0.2) is 9.37 Å². The van der Waals surface area contributed by atoms with Crippen LogP contribution < -0.4 is 19.9 Å². The molecule has 1 aromatic heterocycles. The van der Waals surface area contributed by atoms with Crippen molar-refractivity contribution in [2.24, 2.45) is 0 Å². The zero-order valence-corrected chi connectivity index (χ0v) is 18.4. The van der Waals surface area contributed by atoms with Crippen LogP contribution in [-0.4, -0.2) is 44.2 Å². The fourth-order valence-electron chi connectivity index (χ4n) is 3.57. The molecule has 0 saturated carbocycles. The average molecular weight is 441 g/mol. The first-order chi connectivity index (χ1) is 15.0. The Balaban J connectivity index is 1.33. The van der Waals surface area contributed by atoms with Crippen LogP contribution in [0.5, 0.6) is 5.75 Å². The lowest BCUT2D eigenvalue weighted by Gasteiger charge is -2.36. The lowest BCUT2D eigenvalue weighted by molar-refractivity contribution is 0.0935. The van der Waals surface area contributed by atoms with Crippen LogP contribution >= 0.6 is 11.3 Å². The van der Waals surface area contributed by atoms with Gasteiger partial charge in [-0.1, -0.05) is 12.1 Å². The van der Waals surface area contributed by atoms with Crippen molar-refractivity contribution in [2.45, 2.75) is 13.0 Å². The van der Waals surface area contributed by atoms with Crippen molar-refractivity contribution in [3.05, 3.63) is 71.0 Å². The van der Waals surface area contributed by atoms with Crippen molar-refractivity contribution in [1.82, 2.24) is 10.3 Å². The van der Waals surface area contributed by atoms with E-state index in [0.29, 0.717) is 5.69 Å². The van der Waals surface area contributed by atoms with Crippen LogP contribution in [0.2, 0.25) is 0 Å². The van der Waals surface area contributed by atoms with Gasteiger partial charge in [-0.15, -0.1) is 11.3 Å². The van der Waals surface area contributed by atoms with Crippen LogP contribution in [0, 0.1) is 5.82 Å². The summed E-state index contributed by atoms with van der Waals surface area (Å²) in [6.45, 7) is 5.32. The number of piperazine rings is 1. The number of carbonyl (C=O) groups excluding carboxylic acids is 1. The van der Waals surface area contributed by atoms with Crippen LogP contribution in [0.4, 0.5) is 15.2 Å². The number of aromatic nitrogens is 1. The molecule has 2 heterocycles. The molecule has 0 radical (unpaired) electrons. The number of hydrogen-bond acceptors (Lipinski definition) is 6. The second-order valence-corrected chi connectivity index (χ2v) is 8.27. The van der Waals surface area contributed by atoms with Crippen molar-refractivity contribution < 1.29 is 13.9 Å². The minimum atomic E-state index is -0.293. The Kier molecular flexibility index (Phi) is 6.36. The van der Waals surface area contributed by atoms with Gasteiger partial charge >= 0.3 is 0 Å². The van der Waals surface area contributed by atoms with Crippen LogP contribution in [-0.2, 0) is 0 Å². The Morgan fingerprint density at radius 1 is 1.06 bits per heavy atom. The molecule has 3 aromatic rings. The molecule has 4 rings (SSSR count). The molecule has 1 saturated heterocycles. The summed E-state index contributed by atoms with van der Waals surface area (Å²) >= 11 is 1.48. The number of thiazole rings is 1. The summed E-state index contributed by atoms with van der Waals surface area (Å²) in [5, 5.41) is 5.58. The fraction of sp³-hybridized carbons (Fsp3) is 0.304. The maximum absolute atomic E-state index is 13.1. The maximum Gasteiger partial charge on any atom is 0.271 e. The third kappa shape index (κ3) is 4.96. The number of ether oxygens (including phenoxy) is 1.